The van der Waals surface area contributed by atoms with Crippen LogP contribution in [-0.4, -0.2) is 16.2 Å². The molecule has 0 saturated carbocycles. The van der Waals surface area contributed by atoms with Crippen molar-refractivity contribution in [1.29, 1.82) is 0 Å². The van der Waals surface area contributed by atoms with E-state index in [4.69, 9.17) is 0 Å². The Kier molecular flexibility index (Phi) is 4.17. The van der Waals surface area contributed by atoms with Crippen molar-refractivity contribution < 1.29 is 4.92 Å². The molecule has 0 amide bonds. The molecular formula is C13H12N4O2. The summed E-state index contributed by atoms with van der Waals surface area (Å²) < 4.78 is 0. The highest BCUT2D eigenvalue weighted by molar-refractivity contribution is 5.50. The van der Waals surface area contributed by atoms with Crippen LogP contribution in [0.4, 0.5) is 5.69 Å². The van der Waals surface area contributed by atoms with Gasteiger partial charge in [0.15, 0.2) is 0 Å². The van der Waals surface area contributed by atoms with Crippen LogP contribution in [0.2, 0.25) is 0 Å². The predicted molar refractivity (Wildman–Crippen MR) is 72.6 cm³/mol. The normalized spacial score (nSPS) is 10.5. The van der Waals surface area contributed by atoms with Crippen molar-refractivity contribution in [3.63, 3.8) is 0 Å². The smallest absolute Gasteiger partial charge is 0.352 e. The summed E-state index contributed by atoms with van der Waals surface area (Å²) >= 11 is 0. The molecule has 2 aromatic rings. The molecule has 1 heterocycles. The first-order chi connectivity index (χ1) is 9.24. The minimum absolute atomic E-state index is 0.615. The Morgan fingerprint density at radius 3 is 2.68 bits per heavy atom. The fourth-order valence-corrected chi connectivity index (χ4v) is 1.59. The van der Waals surface area contributed by atoms with E-state index in [0.717, 1.165) is 17.5 Å². The first kappa shape index (κ1) is 12.7. The van der Waals surface area contributed by atoms with Crippen LogP contribution in [0, 0.1) is 10.1 Å². The van der Waals surface area contributed by atoms with Gasteiger partial charge >= 0.3 is 6.34 Å². The first-order valence-corrected chi connectivity index (χ1v) is 5.64. The standard InChI is InChI=1S/C13H12N4O2/c18-17(19)10-15-16-13-5-3-11(4-6-13)8-12-2-1-7-14-9-12/h1-7,9-10,16H,8H2/b15-10-. The molecule has 0 aliphatic heterocycles. The molecule has 2 rings (SSSR count). The van der Waals surface area contributed by atoms with Crippen LogP contribution in [0.15, 0.2) is 53.9 Å². The van der Waals surface area contributed by atoms with Crippen LogP contribution in [0.3, 0.4) is 0 Å². The van der Waals surface area contributed by atoms with Crippen LogP contribution in [0.1, 0.15) is 11.1 Å². The van der Waals surface area contributed by atoms with E-state index in [1.54, 1.807) is 6.20 Å². The van der Waals surface area contributed by atoms with Gasteiger partial charge in [0.1, 0.15) is 0 Å². The Hall–Kier alpha value is -2.76. The van der Waals surface area contributed by atoms with Crippen LogP contribution < -0.4 is 5.43 Å². The van der Waals surface area contributed by atoms with Gasteiger partial charge in [-0.25, -0.2) is 0 Å². The van der Waals surface area contributed by atoms with E-state index >= 15 is 0 Å². The van der Waals surface area contributed by atoms with Gasteiger partial charge in [-0.2, -0.15) is 5.43 Å². The van der Waals surface area contributed by atoms with Gasteiger partial charge in [0.25, 0.3) is 0 Å². The Labute approximate surface area is 110 Å². The van der Waals surface area contributed by atoms with Gasteiger partial charge in [0.2, 0.25) is 0 Å². The summed E-state index contributed by atoms with van der Waals surface area (Å²) in [5.41, 5.74) is 5.55. The molecule has 0 aliphatic rings. The van der Waals surface area contributed by atoms with Gasteiger partial charge in [-0.1, -0.05) is 18.2 Å². The van der Waals surface area contributed by atoms with Gasteiger partial charge in [-0.05, 0) is 40.7 Å². The first-order valence-electron chi connectivity index (χ1n) is 5.64. The number of hydrogen-bond donors (Lipinski definition) is 1. The monoisotopic (exact) mass is 256 g/mol. The molecule has 6 heteroatoms. The van der Waals surface area contributed by atoms with Crippen LogP contribution in [0.5, 0.6) is 0 Å². The Morgan fingerprint density at radius 1 is 1.26 bits per heavy atom. The van der Waals surface area contributed by atoms with E-state index in [0.29, 0.717) is 12.0 Å². The lowest BCUT2D eigenvalue weighted by Crippen LogP contribution is -1.97. The molecule has 0 aliphatic carbocycles. The summed E-state index contributed by atoms with van der Waals surface area (Å²) in [5, 5.41) is 13.5. The van der Waals surface area contributed by atoms with Gasteiger partial charge in [0, 0.05) is 17.5 Å². The molecule has 0 atom stereocenters. The minimum Gasteiger partial charge on any atom is -0.358 e. The third-order valence-corrected chi connectivity index (χ3v) is 2.43. The highest BCUT2D eigenvalue weighted by Gasteiger charge is 1.98. The molecule has 96 valence electrons. The molecule has 19 heavy (non-hydrogen) atoms. The fraction of sp³-hybridized carbons (Fsp3) is 0.0769. The number of pyridine rings is 1. The lowest BCUT2D eigenvalue weighted by molar-refractivity contribution is -0.339. The van der Waals surface area contributed by atoms with E-state index in [2.05, 4.69) is 15.5 Å². The zero-order valence-corrected chi connectivity index (χ0v) is 10.1. The number of nitrogens with one attached hydrogen (secondary N) is 1. The number of nitrogens with zero attached hydrogens (tertiary/aromatic N) is 3. The molecule has 0 spiro atoms. The number of aromatic nitrogens is 1. The van der Waals surface area contributed by atoms with Gasteiger partial charge in [0.05, 0.1) is 5.69 Å². The summed E-state index contributed by atoms with van der Waals surface area (Å²) in [5.74, 6) is 0. The van der Waals surface area contributed by atoms with E-state index in [9.17, 15) is 10.1 Å². The van der Waals surface area contributed by atoms with Crippen molar-refractivity contribution in [2.75, 3.05) is 5.43 Å². The molecule has 1 N–H and O–H groups in total. The number of nitro groups is 1. The highest BCUT2D eigenvalue weighted by atomic mass is 16.6. The molecule has 0 saturated heterocycles. The van der Waals surface area contributed by atoms with Crippen molar-refractivity contribution in [3.05, 3.63) is 70.0 Å². The summed E-state index contributed by atoms with van der Waals surface area (Å²) in [6.07, 6.45) is 4.98. The van der Waals surface area contributed by atoms with E-state index < -0.39 is 4.92 Å². The molecule has 6 nitrogen and oxygen atoms in total. The summed E-state index contributed by atoms with van der Waals surface area (Å²) in [6, 6.07) is 11.4. The number of hydrazone groups is 1. The average molecular weight is 256 g/mol. The van der Waals surface area contributed by atoms with Crippen molar-refractivity contribution in [2.45, 2.75) is 6.42 Å². The van der Waals surface area contributed by atoms with Gasteiger partial charge < -0.3 is 10.1 Å². The van der Waals surface area contributed by atoms with Crippen molar-refractivity contribution in [3.8, 4) is 0 Å². The molecule has 0 radical (unpaired) electrons. The Morgan fingerprint density at radius 2 is 2.05 bits per heavy atom. The van der Waals surface area contributed by atoms with Crippen LogP contribution >= 0.6 is 0 Å². The molecule has 0 fully saturated rings. The number of rotatable bonds is 5. The second-order valence-electron chi connectivity index (χ2n) is 3.88. The molecule has 1 aromatic heterocycles. The Balaban J connectivity index is 1.97. The maximum Gasteiger partial charge on any atom is 0.352 e. The van der Waals surface area contributed by atoms with E-state index in [1.165, 1.54) is 0 Å². The van der Waals surface area contributed by atoms with Crippen molar-refractivity contribution in [1.82, 2.24) is 4.98 Å². The highest BCUT2D eigenvalue weighted by Crippen LogP contribution is 2.12. The largest absolute Gasteiger partial charge is 0.358 e. The molecule has 0 unspecified atom stereocenters. The third-order valence-electron chi connectivity index (χ3n) is 2.43. The van der Waals surface area contributed by atoms with E-state index in [1.807, 2.05) is 42.6 Å². The van der Waals surface area contributed by atoms with Crippen LogP contribution in [-0.2, 0) is 6.42 Å². The maximum atomic E-state index is 10.1. The topological polar surface area (TPSA) is 80.4 Å². The molecule has 0 bridgehead atoms. The minimum atomic E-state index is -0.621. The number of anilines is 1. The van der Waals surface area contributed by atoms with Gasteiger partial charge in [-0.3, -0.25) is 4.98 Å². The SMILES string of the molecule is O=[N+]([O-])/C=N\Nc1ccc(Cc2cccnc2)cc1. The van der Waals surface area contributed by atoms with Crippen molar-refractivity contribution >= 4 is 12.0 Å². The van der Waals surface area contributed by atoms with Crippen LogP contribution in [0.25, 0.3) is 0 Å². The summed E-state index contributed by atoms with van der Waals surface area (Å²) in [7, 11) is 0. The zero-order chi connectivity index (χ0) is 13.5. The number of hydrogen-bond acceptors (Lipinski definition) is 5. The van der Waals surface area contributed by atoms with Crippen molar-refractivity contribution in [2.24, 2.45) is 5.10 Å². The third kappa shape index (κ3) is 4.19. The summed E-state index contributed by atoms with van der Waals surface area (Å²) in [6.45, 7) is 0. The van der Waals surface area contributed by atoms with Gasteiger partial charge in [-0.15, -0.1) is 0 Å². The fourth-order valence-electron chi connectivity index (χ4n) is 1.59. The second-order valence-corrected chi connectivity index (χ2v) is 3.88. The van der Waals surface area contributed by atoms with E-state index in [-0.39, 0.29) is 0 Å². The Bertz CT molecular complexity index is 567. The quantitative estimate of drug-likeness (QED) is 0.385. The lowest BCUT2D eigenvalue weighted by Gasteiger charge is -2.02. The predicted octanol–water partition coefficient (Wildman–Crippen LogP) is 2.30. The zero-order valence-electron chi connectivity index (χ0n) is 10.1. The number of benzene rings is 1. The molecule has 1 aromatic carbocycles. The molecular weight excluding hydrogens is 244 g/mol. The maximum absolute atomic E-state index is 10.1. The average Bonchev–Trinajstić information content (AvgIpc) is 2.42. The summed E-state index contributed by atoms with van der Waals surface area (Å²) in [4.78, 5) is 13.5. The second kappa shape index (κ2) is 6.25. The lowest BCUT2D eigenvalue weighted by atomic mass is 10.1.